The van der Waals surface area contributed by atoms with Crippen LogP contribution in [0, 0.1) is 21.4 Å². The van der Waals surface area contributed by atoms with Crippen molar-refractivity contribution in [3.05, 3.63) is 64.2 Å². The van der Waals surface area contributed by atoms with E-state index in [0.29, 0.717) is 6.07 Å². The Morgan fingerprint density at radius 3 is 2.53 bits per heavy atom. The second-order valence-corrected chi connectivity index (χ2v) is 9.36. The lowest BCUT2D eigenvalue weighted by Gasteiger charge is -2.25. The number of para-hydroxylation sites is 2. The average molecular weight is 498 g/mol. The Morgan fingerprint density at radius 1 is 1.24 bits per heavy atom. The number of alkyl carbamates (subject to hydrolysis) is 1. The van der Waals surface area contributed by atoms with Crippen LogP contribution in [0.1, 0.15) is 12.0 Å². The number of carbonyl (C=O) groups excluding carboxylic acids is 1. The molecule has 1 saturated heterocycles. The van der Waals surface area contributed by atoms with Gasteiger partial charge in [-0.15, -0.1) is 0 Å². The quantitative estimate of drug-likeness (QED) is 0.363. The highest BCUT2D eigenvalue weighted by atomic mass is 32.2. The number of carbonyl (C=O) groups is 1. The van der Waals surface area contributed by atoms with Crippen molar-refractivity contribution in [2.45, 2.75) is 29.0 Å². The summed E-state index contributed by atoms with van der Waals surface area (Å²) in [7, 11) is -4.61. The van der Waals surface area contributed by atoms with Crippen molar-refractivity contribution in [1.82, 2.24) is 5.32 Å². The van der Waals surface area contributed by atoms with Crippen molar-refractivity contribution in [3.63, 3.8) is 0 Å². The Balaban J connectivity index is 2.03. The van der Waals surface area contributed by atoms with Crippen molar-refractivity contribution < 1.29 is 36.0 Å². The molecule has 1 aliphatic heterocycles. The molecule has 1 heterocycles. The third-order valence-electron chi connectivity index (χ3n) is 5.09. The van der Waals surface area contributed by atoms with Crippen molar-refractivity contribution in [1.29, 1.82) is 5.26 Å². The van der Waals surface area contributed by atoms with Gasteiger partial charge in [-0.2, -0.15) is 18.4 Å². The molecule has 1 amide bonds. The van der Waals surface area contributed by atoms with Crippen molar-refractivity contribution in [2.75, 3.05) is 18.0 Å². The summed E-state index contributed by atoms with van der Waals surface area (Å²) in [4.78, 5) is 23.0. The van der Waals surface area contributed by atoms with Crippen LogP contribution >= 0.6 is 0 Å². The van der Waals surface area contributed by atoms with E-state index in [1.54, 1.807) is 6.07 Å². The maximum atomic E-state index is 13.5. The van der Waals surface area contributed by atoms with Crippen LogP contribution in [0.5, 0.6) is 0 Å². The van der Waals surface area contributed by atoms with Crippen LogP contribution in [0.3, 0.4) is 0 Å². The van der Waals surface area contributed by atoms with Crippen molar-refractivity contribution >= 4 is 27.3 Å². The maximum Gasteiger partial charge on any atom is 0.417 e. The van der Waals surface area contributed by atoms with Gasteiger partial charge in [0.25, 0.3) is 5.69 Å². The predicted molar refractivity (Wildman–Crippen MR) is 111 cm³/mol. The molecule has 1 fully saturated rings. The number of nitrogens with zero attached hydrogens (tertiary/aromatic N) is 3. The fraction of sp³-hybridized carbons (Fsp3) is 0.300. The monoisotopic (exact) mass is 498 g/mol. The summed E-state index contributed by atoms with van der Waals surface area (Å²) < 4.78 is 72.1. The van der Waals surface area contributed by atoms with Gasteiger partial charge in [-0.05, 0) is 18.2 Å². The number of nitriles is 1. The summed E-state index contributed by atoms with van der Waals surface area (Å²) in [6.07, 6.45) is -7.85. The highest BCUT2D eigenvalue weighted by Crippen LogP contribution is 2.40. The van der Waals surface area contributed by atoms with Gasteiger partial charge in [-0.25, -0.2) is 13.2 Å². The number of hydrogen-bond donors (Lipinski definition) is 1. The topological polar surface area (TPSA) is 143 Å². The molecule has 2 atom stereocenters. The fourth-order valence-electron chi connectivity index (χ4n) is 3.62. The number of nitro groups is 1. The normalized spacial score (nSPS) is 18.2. The van der Waals surface area contributed by atoms with Crippen LogP contribution in [0.25, 0.3) is 0 Å². The first-order valence-electron chi connectivity index (χ1n) is 9.68. The minimum atomic E-state index is -4.94. The summed E-state index contributed by atoms with van der Waals surface area (Å²) in [6.45, 7) is -0.896. The lowest BCUT2D eigenvalue weighted by atomic mass is 10.2. The molecule has 1 N–H and O–H groups in total. The fourth-order valence-corrected chi connectivity index (χ4v) is 5.51. The number of sulfone groups is 1. The van der Waals surface area contributed by atoms with E-state index in [1.807, 2.05) is 0 Å². The van der Waals surface area contributed by atoms with E-state index in [-0.39, 0.29) is 5.69 Å². The number of nitrogens with one attached hydrogen (secondary N) is 1. The van der Waals surface area contributed by atoms with E-state index < -0.39 is 74.2 Å². The molecule has 10 nitrogen and oxygen atoms in total. The molecule has 2 aromatic rings. The molecular weight excluding hydrogens is 481 g/mol. The molecule has 14 heteroatoms. The molecule has 0 aliphatic carbocycles. The number of amides is 1. The van der Waals surface area contributed by atoms with Gasteiger partial charge in [0.2, 0.25) is 0 Å². The molecule has 3 rings (SSSR count). The number of anilines is 1. The minimum absolute atomic E-state index is 0.0765. The van der Waals surface area contributed by atoms with Crippen LogP contribution in [0.15, 0.2) is 53.4 Å². The van der Waals surface area contributed by atoms with E-state index in [9.17, 15) is 36.5 Å². The van der Waals surface area contributed by atoms with Gasteiger partial charge in [-0.1, -0.05) is 24.3 Å². The molecule has 0 spiro atoms. The third-order valence-corrected chi connectivity index (χ3v) is 7.28. The minimum Gasteiger partial charge on any atom is -0.425 e. The molecular formula is C20H17F3N4O6S. The molecule has 180 valence electrons. The van der Waals surface area contributed by atoms with Crippen LogP contribution in [-0.2, 0) is 20.8 Å². The number of ether oxygens (including phenoxy) is 1. The number of hydrogen-bond acceptors (Lipinski definition) is 8. The Kier molecular flexibility index (Phi) is 6.96. The molecule has 2 aromatic carbocycles. The van der Waals surface area contributed by atoms with Gasteiger partial charge in [-0.3, -0.25) is 10.1 Å². The van der Waals surface area contributed by atoms with E-state index in [2.05, 4.69) is 5.32 Å². The number of nitro benzene ring substituents is 1. The summed E-state index contributed by atoms with van der Waals surface area (Å²) in [5.74, 6) is 0. The zero-order valence-electron chi connectivity index (χ0n) is 17.2. The Bertz CT molecular complexity index is 1250. The van der Waals surface area contributed by atoms with Gasteiger partial charge in [0, 0.05) is 19.0 Å². The first-order valence-corrected chi connectivity index (χ1v) is 11.2. The number of benzene rings is 2. The molecule has 1 aliphatic rings. The average Bonchev–Trinajstić information content (AvgIpc) is 3.21. The van der Waals surface area contributed by atoms with Gasteiger partial charge >= 0.3 is 12.3 Å². The first kappa shape index (κ1) is 24.8. The first-order chi connectivity index (χ1) is 16.0. The zero-order valence-corrected chi connectivity index (χ0v) is 18.0. The van der Waals surface area contributed by atoms with Crippen LogP contribution < -0.4 is 10.2 Å². The molecule has 0 bridgehead atoms. The van der Waals surface area contributed by atoms with Crippen LogP contribution in [-0.4, -0.2) is 44.0 Å². The third kappa shape index (κ3) is 5.04. The van der Waals surface area contributed by atoms with Crippen LogP contribution in [0.4, 0.5) is 29.3 Å². The molecule has 0 saturated carbocycles. The number of alkyl halides is 3. The van der Waals surface area contributed by atoms with E-state index in [4.69, 9.17) is 10.00 Å². The van der Waals surface area contributed by atoms with Gasteiger partial charge < -0.3 is 15.0 Å². The van der Waals surface area contributed by atoms with Crippen molar-refractivity contribution in [3.8, 4) is 6.07 Å². The second-order valence-electron chi connectivity index (χ2n) is 7.17. The Hall–Kier alpha value is -3.86. The molecule has 0 aromatic heterocycles. The predicted octanol–water partition coefficient (Wildman–Crippen LogP) is 3.24. The SMILES string of the molecule is N#CCNC(=O)O[C@H]1C[C@@H](S(=O)(=O)c2ccccc2C(F)(F)F)CN1c1ccccc1[N+](=O)[O-]. The standard InChI is InChI=1S/C20H17F3N4O6S/c21-20(22,23)14-5-1-4-8-17(14)34(31,32)13-11-18(33-19(28)25-10-9-24)26(12-13)15-6-2-3-7-16(15)27(29)30/h1-8,13,18H,10-12H2,(H,25,28)/t13-,18+/m1/s1. The van der Waals surface area contributed by atoms with E-state index in [0.717, 1.165) is 29.2 Å². The highest BCUT2D eigenvalue weighted by Gasteiger charge is 2.46. The largest absolute Gasteiger partial charge is 0.425 e. The summed E-state index contributed by atoms with van der Waals surface area (Å²) in [5, 5.41) is 20.7. The number of rotatable bonds is 6. The van der Waals surface area contributed by atoms with Crippen LogP contribution in [0.2, 0.25) is 0 Å². The highest BCUT2D eigenvalue weighted by molar-refractivity contribution is 7.92. The number of halogens is 3. The summed E-state index contributed by atoms with van der Waals surface area (Å²) in [6, 6.07) is 10.6. The molecule has 34 heavy (non-hydrogen) atoms. The molecule has 0 radical (unpaired) electrons. The van der Waals surface area contributed by atoms with Gasteiger partial charge in [0.1, 0.15) is 12.2 Å². The van der Waals surface area contributed by atoms with E-state index >= 15 is 0 Å². The zero-order chi connectivity index (χ0) is 25.1. The van der Waals surface area contributed by atoms with Gasteiger partial charge in [0.15, 0.2) is 16.1 Å². The van der Waals surface area contributed by atoms with Crippen molar-refractivity contribution in [2.24, 2.45) is 0 Å². The van der Waals surface area contributed by atoms with E-state index in [1.165, 1.54) is 18.2 Å². The van der Waals surface area contributed by atoms with Gasteiger partial charge in [0.05, 0.1) is 26.7 Å². The lowest BCUT2D eigenvalue weighted by molar-refractivity contribution is -0.384. The maximum absolute atomic E-state index is 13.5. The lowest BCUT2D eigenvalue weighted by Crippen LogP contribution is -2.37. The summed E-state index contributed by atoms with van der Waals surface area (Å²) in [5.41, 5.74) is -1.84. The Morgan fingerprint density at radius 2 is 1.88 bits per heavy atom. The smallest absolute Gasteiger partial charge is 0.417 e. The Labute approximate surface area is 191 Å². The molecule has 0 unspecified atom stereocenters. The summed E-state index contributed by atoms with van der Waals surface area (Å²) >= 11 is 0. The second kappa shape index (κ2) is 9.56.